The Morgan fingerprint density at radius 2 is 1.86 bits per heavy atom. The molecule has 2 aromatic rings. The monoisotopic (exact) mass is 283 g/mol. The molecule has 0 amide bonds. The third kappa shape index (κ3) is 2.23. The summed E-state index contributed by atoms with van der Waals surface area (Å²) in [6.45, 7) is 2.06. The first-order chi connectivity index (χ1) is 10.3. The highest BCUT2D eigenvalue weighted by molar-refractivity contribution is 5.71. The summed E-state index contributed by atoms with van der Waals surface area (Å²) in [7, 11) is 1.62. The topological polar surface area (TPSA) is 38.8 Å². The number of hydrogen-bond donors (Lipinski definition) is 0. The second-order valence-corrected chi connectivity index (χ2v) is 4.94. The minimum absolute atomic E-state index is 0.0152. The summed E-state index contributed by atoms with van der Waals surface area (Å²) < 4.78 is 11.2. The fourth-order valence-corrected chi connectivity index (χ4v) is 2.77. The molecule has 21 heavy (non-hydrogen) atoms. The summed E-state index contributed by atoms with van der Waals surface area (Å²) in [4.78, 5) is 13.4. The number of benzene rings is 2. The summed E-state index contributed by atoms with van der Waals surface area (Å²) >= 11 is 0. The molecule has 1 aliphatic rings. The van der Waals surface area contributed by atoms with Gasteiger partial charge < -0.3 is 14.4 Å². The molecule has 0 spiro atoms. The van der Waals surface area contributed by atoms with Crippen molar-refractivity contribution in [3.8, 4) is 11.5 Å². The van der Waals surface area contributed by atoms with Gasteiger partial charge in [-0.05, 0) is 25.1 Å². The maximum absolute atomic E-state index is 11.5. The molecular formula is C17H17NO3. The molecule has 0 saturated carbocycles. The third-order valence-electron chi connectivity index (χ3n) is 3.79. The van der Waals surface area contributed by atoms with E-state index in [0.717, 1.165) is 29.0 Å². The number of fused-ring (bicyclic) bond motifs is 1. The molecular weight excluding hydrogens is 266 g/mol. The van der Waals surface area contributed by atoms with E-state index < -0.39 is 6.23 Å². The quantitative estimate of drug-likeness (QED) is 0.811. The predicted molar refractivity (Wildman–Crippen MR) is 80.8 cm³/mol. The second-order valence-electron chi connectivity index (χ2n) is 4.94. The number of ether oxygens (including phenoxy) is 2. The van der Waals surface area contributed by atoms with Gasteiger partial charge in [0.25, 0.3) is 0 Å². The Morgan fingerprint density at radius 3 is 2.62 bits per heavy atom. The Labute approximate surface area is 123 Å². The standard InChI is InChI=1S/C17H17NO3/c1-12-13-7-3-5-9-15(13)21-17(11-19)18(12)14-8-4-6-10-16(14)20-2/h3-12,17H,1-2H3. The van der Waals surface area contributed by atoms with Crippen molar-refractivity contribution in [2.24, 2.45) is 0 Å². The zero-order valence-electron chi connectivity index (χ0n) is 12.0. The summed E-state index contributed by atoms with van der Waals surface area (Å²) in [5.41, 5.74) is 1.90. The van der Waals surface area contributed by atoms with E-state index in [2.05, 4.69) is 6.92 Å². The van der Waals surface area contributed by atoms with Crippen molar-refractivity contribution in [3.05, 3.63) is 54.1 Å². The Balaban J connectivity index is 2.10. The molecule has 2 unspecified atom stereocenters. The molecule has 0 fully saturated rings. The molecule has 4 heteroatoms. The number of rotatable bonds is 3. The molecule has 0 N–H and O–H groups in total. The largest absolute Gasteiger partial charge is 0.495 e. The van der Waals surface area contributed by atoms with Crippen LogP contribution in [0, 0.1) is 0 Å². The maximum Gasteiger partial charge on any atom is 0.229 e. The molecule has 1 heterocycles. The van der Waals surface area contributed by atoms with Gasteiger partial charge in [-0.2, -0.15) is 0 Å². The average Bonchev–Trinajstić information content (AvgIpc) is 2.54. The Bertz CT molecular complexity index is 656. The van der Waals surface area contributed by atoms with E-state index in [4.69, 9.17) is 9.47 Å². The van der Waals surface area contributed by atoms with Crippen molar-refractivity contribution in [3.63, 3.8) is 0 Å². The van der Waals surface area contributed by atoms with Crippen molar-refractivity contribution in [1.82, 2.24) is 0 Å². The number of hydrogen-bond acceptors (Lipinski definition) is 4. The number of carbonyl (C=O) groups is 1. The first-order valence-corrected chi connectivity index (χ1v) is 6.88. The molecule has 4 nitrogen and oxygen atoms in total. The van der Waals surface area contributed by atoms with Gasteiger partial charge in [0.05, 0.1) is 18.8 Å². The molecule has 108 valence electrons. The molecule has 2 aromatic carbocycles. The highest BCUT2D eigenvalue weighted by atomic mass is 16.5. The molecule has 0 bridgehead atoms. The maximum atomic E-state index is 11.5. The van der Waals surface area contributed by atoms with E-state index in [1.165, 1.54) is 0 Å². The summed E-state index contributed by atoms with van der Waals surface area (Å²) in [6, 6.07) is 15.4. The first kappa shape index (κ1) is 13.5. The number of nitrogens with zero attached hydrogens (tertiary/aromatic N) is 1. The lowest BCUT2D eigenvalue weighted by atomic mass is 10.0. The van der Waals surface area contributed by atoms with Crippen LogP contribution in [-0.2, 0) is 4.79 Å². The van der Waals surface area contributed by atoms with Crippen LogP contribution in [-0.4, -0.2) is 19.6 Å². The van der Waals surface area contributed by atoms with E-state index >= 15 is 0 Å². The van der Waals surface area contributed by atoms with Crippen LogP contribution in [0.2, 0.25) is 0 Å². The van der Waals surface area contributed by atoms with E-state index in [1.54, 1.807) is 7.11 Å². The molecule has 1 aliphatic heterocycles. The van der Waals surface area contributed by atoms with Crippen molar-refractivity contribution < 1.29 is 14.3 Å². The Hall–Kier alpha value is -2.49. The van der Waals surface area contributed by atoms with Crippen LogP contribution in [0.3, 0.4) is 0 Å². The van der Waals surface area contributed by atoms with Crippen molar-refractivity contribution in [2.45, 2.75) is 19.2 Å². The highest BCUT2D eigenvalue weighted by Crippen LogP contribution is 2.41. The summed E-state index contributed by atoms with van der Waals surface area (Å²) in [5, 5.41) is 0. The second kappa shape index (κ2) is 5.48. The number of carbonyl (C=O) groups excluding carboxylic acids is 1. The van der Waals surface area contributed by atoms with Gasteiger partial charge in [-0.25, -0.2) is 0 Å². The van der Waals surface area contributed by atoms with E-state index in [-0.39, 0.29) is 6.04 Å². The van der Waals surface area contributed by atoms with Crippen LogP contribution in [0.15, 0.2) is 48.5 Å². The van der Waals surface area contributed by atoms with Gasteiger partial charge in [0.15, 0.2) is 6.29 Å². The molecule has 0 radical (unpaired) electrons. The number of aldehydes is 1. The van der Waals surface area contributed by atoms with Gasteiger partial charge in [-0.15, -0.1) is 0 Å². The minimum Gasteiger partial charge on any atom is -0.495 e. The highest BCUT2D eigenvalue weighted by Gasteiger charge is 2.34. The summed E-state index contributed by atoms with van der Waals surface area (Å²) in [5.74, 6) is 1.48. The van der Waals surface area contributed by atoms with Gasteiger partial charge in [-0.3, -0.25) is 4.79 Å². The fourth-order valence-electron chi connectivity index (χ4n) is 2.77. The molecule has 0 aromatic heterocycles. The smallest absolute Gasteiger partial charge is 0.229 e. The predicted octanol–water partition coefficient (Wildman–Crippen LogP) is 3.18. The van der Waals surface area contributed by atoms with Gasteiger partial charge in [-0.1, -0.05) is 30.3 Å². The summed E-state index contributed by atoms with van der Waals surface area (Å²) in [6.07, 6.45) is 0.157. The van der Waals surface area contributed by atoms with Crippen molar-refractivity contribution in [2.75, 3.05) is 12.0 Å². The van der Waals surface area contributed by atoms with E-state index in [0.29, 0.717) is 0 Å². The van der Waals surface area contributed by atoms with Gasteiger partial charge in [0.2, 0.25) is 6.23 Å². The fraction of sp³-hybridized carbons (Fsp3) is 0.235. The van der Waals surface area contributed by atoms with Gasteiger partial charge in [0, 0.05) is 5.56 Å². The zero-order valence-corrected chi connectivity index (χ0v) is 12.0. The Morgan fingerprint density at radius 1 is 1.14 bits per heavy atom. The minimum atomic E-state index is -0.661. The molecule has 0 saturated heterocycles. The van der Waals surface area contributed by atoms with Crippen LogP contribution in [0.4, 0.5) is 5.69 Å². The number of para-hydroxylation sites is 3. The van der Waals surface area contributed by atoms with Crippen molar-refractivity contribution in [1.29, 1.82) is 0 Å². The zero-order chi connectivity index (χ0) is 14.8. The lowest BCUT2D eigenvalue weighted by Gasteiger charge is -2.41. The van der Waals surface area contributed by atoms with Crippen LogP contribution >= 0.6 is 0 Å². The number of anilines is 1. The molecule has 2 atom stereocenters. The van der Waals surface area contributed by atoms with E-state index in [9.17, 15) is 4.79 Å². The lowest BCUT2D eigenvalue weighted by molar-refractivity contribution is -0.114. The Kier molecular flexibility index (Phi) is 3.52. The van der Waals surface area contributed by atoms with Crippen LogP contribution in [0.25, 0.3) is 0 Å². The third-order valence-corrected chi connectivity index (χ3v) is 3.79. The molecule has 0 aliphatic carbocycles. The van der Waals surface area contributed by atoms with Gasteiger partial charge in [0.1, 0.15) is 11.5 Å². The van der Waals surface area contributed by atoms with E-state index in [1.807, 2.05) is 53.4 Å². The molecule has 3 rings (SSSR count). The van der Waals surface area contributed by atoms with Crippen LogP contribution in [0.5, 0.6) is 11.5 Å². The van der Waals surface area contributed by atoms with Crippen molar-refractivity contribution >= 4 is 12.0 Å². The van der Waals surface area contributed by atoms with Gasteiger partial charge >= 0.3 is 0 Å². The average molecular weight is 283 g/mol. The SMILES string of the molecule is COc1ccccc1N1C(C=O)Oc2ccccc2C1C. The lowest BCUT2D eigenvalue weighted by Crippen LogP contribution is -2.46. The number of methoxy groups -OCH3 is 1. The normalized spacial score (nSPS) is 20.4. The van der Waals surface area contributed by atoms with Crippen LogP contribution < -0.4 is 14.4 Å². The first-order valence-electron chi connectivity index (χ1n) is 6.88. The van der Waals surface area contributed by atoms with Crippen LogP contribution in [0.1, 0.15) is 18.5 Å².